The van der Waals surface area contributed by atoms with Gasteiger partial charge in [0.2, 0.25) is 0 Å². The van der Waals surface area contributed by atoms with Gasteiger partial charge in [-0.05, 0) is 23.8 Å². The van der Waals surface area contributed by atoms with Crippen LogP contribution in [0.5, 0.6) is 5.75 Å². The quantitative estimate of drug-likeness (QED) is 0.918. The molecule has 1 atom stereocenters. The van der Waals surface area contributed by atoms with Crippen molar-refractivity contribution in [3.05, 3.63) is 42.0 Å². The molecule has 1 heterocycles. The maximum absolute atomic E-state index is 14.0. The minimum absolute atomic E-state index is 0.241. The second-order valence-electron chi connectivity index (χ2n) is 5.59. The molecule has 118 valence electrons. The first kappa shape index (κ1) is 15.3. The second-order valence-corrected chi connectivity index (χ2v) is 5.59. The van der Waals surface area contributed by atoms with Crippen molar-refractivity contribution in [3.8, 4) is 5.75 Å². The summed E-state index contributed by atoms with van der Waals surface area (Å²) in [7, 11) is 0. The molecule has 1 saturated heterocycles. The zero-order chi connectivity index (χ0) is 15.4. The van der Waals surface area contributed by atoms with E-state index in [1.165, 1.54) is 0 Å². The van der Waals surface area contributed by atoms with Crippen LogP contribution in [-0.4, -0.2) is 44.4 Å². The number of hydrogen-bond acceptors (Lipinski definition) is 3. The molecule has 0 unspecified atom stereocenters. The third kappa shape index (κ3) is 2.94. The van der Waals surface area contributed by atoms with Crippen LogP contribution in [0.4, 0.5) is 4.39 Å². The molecule has 0 spiro atoms. The van der Waals surface area contributed by atoms with Crippen molar-refractivity contribution in [2.24, 2.45) is 0 Å². The van der Waals surface area contributed by atoms with Crippen molar-refractivity contribution in [3.63, 3.8) is 0 Å². The molecule has 1 N–H and O–H groups in total. The number of hydrogen-bond donors (Lipinski definition) is 1. The Balaban J connectivity index is 2.09. The van der Waals surface area contributed by atoms with Crippen molar-refractivity contribution in [1.29, 1.82) is 0 Å². The minimum Gasteiger partial charge on any atom is -0.494 e. The van der Waals surface area contributed by atoms with Crippen molar-refractivity contribution < 1.29 is 9.13 Å². The summed E-state index contributed by atoms with van der Waals surface area (Å²) < 4.78 is 19.8. The summed E-state index contributed by atoms with van der Waals surface area (Å²) in [4.78, 5) is 2.22. The number of nitrogens with one attached hydrogen (secondary N) is 1. The SMILES string of the molecule is CCOc1ccc2ccccc2c1[C@H](CF)N1CCNCC1. The Hall–Kier alpha value is -1.65. The van der Waals surface area contributed by atoms with Crippen LogP contribution >= 0.6 is 0 Å². The fourth-order valence-electron chi connectivity index (χ4n) is 3.25. The number of rotatable bonds is 5. The van der Waals surface area contributed by atoms with Crippen LogP contribution < -0.4 is 10.1 Å². The van der Waals surface area contributed by atoms with Gasteiger partial charge < -0.3 is 10.1 Å². The van der Waals surface area contributed by atoms with Gasteiger partial charge in [-0.1, -0.05) is 30.3 Å². The lowest BCUT2D eigenvalue weighted by atomic mass is 9.96. The maximum Gasteiger partial charge on any atom is 0.124 e. The number of fused-ring (bicyclic) bond motifs is 1. The van der Waals surface area contributed by atoms with Crippen LogP contribution in [-0.2, 0) is 0 Å². The van der Waals surface area contributed by atoms with Gasteiger partial charge in [-0.15, -0.1) is 0 Å². The van der Waals surface area contributed by atoms with Gasteiger partial charge in [-0.25, -0.2) is 4.39 Å². The lowest BCUT2D eigenvalue weighted by Crippen LogP contribution is -2.45. The summed E-state index contributed by atoms with van der Waals surface area (Å²) >= 11 is 0. The topological polar surface area (TPSA) is 24.5 Å². The van der Waals surface area contributed by atoms with Crippen LogP contribution in [0.15, 0.2) is 36.4 Å². The maximum atomic E-state index is 14.0. The molecular formula is C18H23FN2O. The van der Waals surface area contributed by atoms with Crippen LogP contribution in [0.1, 0.15) is 18.5 Å². The van der Waals surface area contributed by atoms with Gasteiger partial charge in [-0.3, -0.25) is 4.90 Å². The molecule has 1 fully saturated rings. The number of benzene rings is 2. The van der Waals surface area contributed by atoms with Crippen molar-refractivity contribution in [2.75, 3.05) is 39.5 Å². The predicted octanol–water partition coefficient (Wildman–Crippen LogP) is 3.15. The summed E-state index contributed by atoms with van der Waals surface area (Å²) in [5, 5.41) is 5.55. The van der Waals surface area contributed by atoms with Crippen molar-refractivity contribution >= 4 is 10.8 Å². The number of alkyl halides is 1. The monoisotopic (exact) mass is 302 g/mol. The third-order valence-electron chi connectivity index (χ3n) is 4.30. The van der Waals surface area contributed by atoms with E-state index in [-0.39, 0.29) is 6.04 Å². The molecule has 0 bridgehead atoms. The summed E-state index contributed by atoms with van der Waals surface area (Å²) in [5.74, 6) is 0.808. The average molecular weight is 302 g/mol. The van der Waals surface area contributed by atoms with Crippen molar-refractivity contribution in [2.45, 2.75) is 13.0 Å². The van der Waals surface area contributed by atoms with Gasteiger partial charge >= 0.3 is 0 Å². The molecule has 1 aliphatic heterocycles. The first-order chi connectivity index (χ1) is 10.8. The lowest BCUT2D eigenvalue weighted by Gasteiger charge is -2.35. The minimum atomic E-state index is -0.395. The Morgan fingerprint density at radius 2 is 1.95 bits per heavy atom. The molecular weight excluding hydrogens is 279 g/mol. The Morgan fingerprint density at radius 3 is 2.68 bits per heavy atom. The largest absolute Gasteiger partial charge is 0.494 e. The number of ether oxygens (including phenoxy) is 1. The van der Waals surface area contributed by atoms with Crippen LogP contribution in [0.2, 0.25) is 0 Å². The second kappa shape index (κ2) is 7.07. The van der Waals surface area contributed by atoms with Gasteiger partial charge in [0.05, 0.1) is 12.6 Å². The molecule has 0 aliphatic carbocycles. The Bertz CT molecular complexity index is 626. The smallest absolute Gasteiger partial charge is 0.124 e. The summed E-state index contributed by atoms with van der Waals surface area (Å²) in [5.41, 5.74) is 0.990. The van der Waals surface area contributed by atoms with E-state index in [1.807, 2.05) is 25.1 Å². The van der Waals surface area contributed by atoms with E-state index < -0.39 is 6.67 Å². The highest BCUT2D eigenvalue weighted by molar-refractivity contribution is 5.88. The van der Waals surface area contributed by atoms with Gasteiger partial charge in [0, 0.05) is 31.7 Å². The van der Waals surface area contributed by atoms with E-state index in [4.69, 9.17) is 4.74 Å². The number of piperazine rings is 1. The normalized spacial score (nSPS) is 17.5. The van der Waals surface area contributed by atoms with Crippen molar-refractivity contribution in [1.82, 2.24) is 10.2 Å². The number of halogens is 1. The summed E-state index contributed by atoms with van der Waals surface area (Å²) in [6.45, 7) is 5.71. The van der Waals surface area contributed by atoms with Gasteiger partial charge in [0.25, 0.3) is 0 Å². The van der Waals surface area contributed by atoms with E-state index >= 15 is 0 Å². The Labute approximate surface area is 131 Å². The first-order valence-corrected chi connectivity index (χ1v) is 8.00. The molecule has 2 aromatic carbocycles. The zero-order valence-electron chi connectivity index (χ0n) is 13.0. The predicted molar refractivity (Wildman–Crippen MR) is 88.3 cm³/mol. The van der Waals surface area contributed by atoms with Crippen LogP contribution in [0.3, 0.4) is 0 Å². The average Bonchev–Trinajstić information content (AvgIpc) is 2.58. The Morgan fingerprint density at radius 1 is 1.18 bits per heavy atom. The van der Waals surface area contributed by atoms with Gasteiger partial charge in [-0.2, -0.15) is 0 Å². The molecule has 22 heavy (non-hydrogen) atoms. The summed E-state index contributed by atoms with van der Waals surface area (Å²) in [6, 6.07) is 12.0. The molecule has 0 amide bonds. The third-order valence-corrected chi connectivity index (χ3v) is 4.30. The van der Waals surface area contributed by atoms with Crippen LogP contribution in [0.25, 0.3) is 10.8 Å². The van der Waals surface area contributed by atoms with E-state index in [1.54, 1.807) is 0 Å². The van der Waals surface area contributed by atoms with E-state index in [0.29, 0.717) is 6.61 Å². The molecule has 3 rings (SSSR count). The first-order valence-electron chi connectivity index (χ1n) is 8.00. The lowest BCUT2D eigenvalue weighted by molar-refractivity contribution is 0.145. The highest BCUT2D eigenvalue weighted by atomic mass is 19.1. The zero-order valence-corrected chi connectivity index (χ0v) is 13.0. The molecule has 0 radical (unpaired) electrons. The molecule has 0 aromatic heterocycles. The van der Waals surface area contributed by atoms with Gasteiger partial charge in [0.1, 0.15) is 12.4 Å². The molecule has 2 aromatic rings. The molecule has 0 saturated carbocycles. The highest BCUT2D eigenvalue weighted by Crippen LogP contribution is 2.36. The van der Waals surface area contributed by atoms with E-state index in [9.17, 15) is 4.39 Å². The number of nitrogens with zero attached hydrogens (tertiary/aromatic N) is 1. The summed E-state index contributed by atoms with van der Waals surface area (Å²) in [6.07, 6.45) is 0. The van der Waals surface area contributed by atoms with E-state index in [0.717, 1.165) is 48.3 Å². The van der Waals surface area contributed by atoms with Crippen LogP contribution in [0, 0.1) is 0 Å². The fourth-order valence-corrected chi connectivity index (χ4v) is 3.25. The highest BCUT2D eigenvalue weighted by Gasteiger charge is 2.26. The standard InChI is InChI=1S/C18H23FN2O/c1-2-22-17-8-7-14-5-3-4-6-15(14)18(17)16(13-19)21-11-9-20-10-12-21/h3-8,16,20H,2,9-13H2,1H3/t16-/m0/s1. The molecule has 1 aliphatic rings. The molecule has 4 heteroatoms. The van der Waals surface area contributed by atoms with E-state index in [2.05, 4.69) is 28.4 Å². The van der Waals surface area contributed by atoms with Gasteiger partial charge in [0.15, 0.2) is 0 Å². The fraction of sp³-hybridized carbons (Fsp3) is 0.444. The Kier molecular flexibility index (Phi) is 4.90. The molecule has 3 nitrogen and oxygen atoms in total.